The smallest absolute Gasteiger partial charge is 0.319 e. The van der Waals surface area contributed by atoms with E-state index in [1.54, 1.807) is 26.0 Å². The number of nitrogen functional groups attached to an aromatic ring is 1. The van der Waals surface area contributed by atoms with Crippen molar-refractivity contribution in [2.24, 2.45) is 0 Å². The lowest BCUT2D eigenvalue weighted by molar-refractivity contribution is -0.516. The number of nitrogens with two attached hydrogens (primary N) is 1. The highest BCUT2D eigenvalue weighted by atomic mass is 19.4. The van der Waals surface area contributed by atoms with E-state index >= 15 is 0 Å². The number of rotatable bonds is 4. The average molecular weight is 434 g/mol. The number of aromatic amines is 1. The number of H-pyrrole nitrogens is 1. The molecule has 0 saturated heterocycles. The lowest BCUT2D eigenvalue weighted by atomic mass is 9.99. The van der Waals surface area contributed by atoms with E-state index in [-0.39, 0.29) is 22.5 Å². The monoisotopic (exact) mass is 434 g/mol. The van der Waals surface area contributed by atoms with Gasteiger partial charge in [-0.25, -0.2) is 9.89 Å². The molecule has 0 spiro atoms. The van der Waals surface area contributed by atoms with E-state index in [1.807, 2.05) is 0 Å². The van der Waals surface area contributed by atoms with Crippen LogP contribution in [0.3, 0.4) is 0 Å². The van der Waals surface area contributed by atoms with Crippen LogP contribution in [0.5, 0.6) is 0 Å². The predicted molar refractivity (Wildman–Crippen MR) is 109 cm³/mol. The molecule has 0 aliphatic carbocycles. The fourth-order valence-corrected chi connectivity index (χ4v) is 3.35. The van der Waals surface area contributed by atoms with E-state index in [2.05, 4.69) is 15.1 Å². The molecule has 4 rings (SSSR count). The Kier molecular flexibility index (Phi) is 3.68. The summed E-state index contributed by atoms with van der Waals surface area (Å²) >= 11 is 0. The Labute approximate surface area is 182 Å². The van der Waals surface area contributed by atoms with E-state index in [0.717, 1.165) is 9.08 Å². The second-order valence-corrected chi connectivity index (χ2v) is 6.93. The zero-order chi connectivity index (χ0) is 26.7. The van der Waals surface area contributed by atoms with Gasteiger partial charge in [0.1, 0.15) is 5.69 Å². The molecule has 31 heavy (non-hydrogen) atoms. The minimum absolute atomic E-state index is 0.0542. The van der Waals surface area contributed by atoms with Gasteiger partial charge in [-0.3, -0.25) is 4.98 Å². The van der Waals surface area contributed by atoms with Crippen LogP contribution in [-0.4, -0.2) is 25.9 Å². The van der Waals surface area contributed by atoms with E-state index in [4.69, 9.17) is 12.6 Å². The highest BCUT2D eigenvalue weighted by Gasteiger charge is 2.30. The Hall–Kier alpha value is -3.69. The maximum atomic E-state index is 13.0. The Morgan fingerprint density at radius 2 is 1.77 bits per heavy atom. The van der Waals surface area contributed by atoms with Gasteiger partial charge in [-0.15, -0.1) is 9.38 Å². The van der Waals surface area contributed by atoms with E-state index in [9.17, 15) is 18.0 Å². The number of hydrogen-bond acceptors (Lipinski definition) is 4. The Morgan fingerprint density at radius 3 is 2.39 bits per heavy atom. The van der Waals surface area contributed by atoms with Crippen molar-refractivity contribution in [3.63, 3.8) is 0 Å². The van der Waals surface area contributed by atoms with Gasteiger partial charge in [-0.05, 0) is 31.5 Å². The van der Waals surface area contributed by atoms with Crippen LogP contribution in [0.4, 0.5) is 19.1 Å². The molecule has 1 aromatic carbocycles. The van der Waals surface area contributed by atoms with Gasteiger partial charge in [0.15, 0.2) is 0 Å². The minimum atomic E-state index is -4.52. The second kappa shape index (κ2) is 7.53. The van der Waals surface area contributed by atoms with Gasteiger partial charge >= 0.3 is 17.8 Å². The third-order valence-corrected chi connectivity index (χ3v) is 4.54. The molecule has 0 unspecified atom stereocenters. The third kappa shape index (κ3) is 4.00. The summed E-state index contributed by atoms with van der Waals surface area (Å²) in [6.07, 6.45) is -5.81. The molecule has 0 radical (unpaired) electrons. The van der Waals surface area contributed by atoms with Crippen molar-refractivity contribution in [1.29, 1.82) is 0 Å². The van der Waals surface area contributed by atoms with Gasteiger partial charge < -0.3 is 5.73 Å². The van der Waals surface area contributed by atoms with Gasteiger partial charge in [0.2, 0.25) is 5.65 Å². The molecule has 10 heteroatoms. The number of nitrogens with zero attached hydrogens (tertiary/aromatic N) is 4. The van der Waals surface area contributed by atoms with Gasteiger partial charge in [0.05, 0.1) is 25.4 Å². The van der Waals surface area contributed by atoms with Gasteiger partial charge in [-0.2, -0.15) is 17.9 Å². The van der Waals surface area contributed by atoms with Crippen LogP contribution in [0.15, 0.2) is 47.1 Å². The van der Waals surface area contributed by atoms with Crippen molar-refractivity contribution >= 4 is 11.6 Å². The molecule has 0 aliphatic rings. The number of nitrogens with one attached hydrogen (secondary N) is 1. The first-order chi connectivity index (χ1) is 16.7. The number of alkyl halides is 3. The first kappa shape index (κ1) is 15.2. The summed E-state index contributed by atoms with van der Waals surface area (Å²) in [6, 6.07) is 0.293. The maximum Gasteiger partial charge on any atom is 0.428 e. The normalized spacial score (nSPS) is 14.2. The molecule has 3 N–H and O–H groups in total. The molecule has 7 nitrogen and oxygen atoms in total. The summed E-state index contributed by atoms with van der Waals surface area (Å²) in [5.41, 5.74) is 6.29. The zero-order valence-corrected chi connectivity index (χ0v) is 16.5. The Balaban J connectivity index is 2.16. The van der Waals surface area contributed by atoms with Crippen molar-refractivity contribution in [3.05, 3.63) is 64.2 Å². The van der Waals surface area contributed by atoms with E-state index in [1.165, 1.54) is 0 Å². The largest absolute Gasteiger partial charge is 0.428 e. The summed E-state index contributed by atoms with van der Waals surface area (Å²) < 4.78 is 80.9. The first-order valence-corrected chi connectivity index (χ1v) is 9.15. The number of aromatic nitrogens is 5. The number of aryl methyl sites for hydroxylation is 3. The zero-order valence-electron chi connectivity index (χ0n) is 21.5. The summed E-state index contributed by atoms with van der Waals surface area (Å²) in [5, 5.41) is 2.65. The van der Waals surface area contributed by atoms with Gasteiger partial charge in [-0.1, -0.05) is 30.2 Å². The highest BCUT2D eigenvalue weighted by molar-refractivity contribution is 5.88. The molecule has 0 fully saturated rings. The van der Waals surface area contributed by atoms with Crippen molar-refractivity contribution in [2.45, 2.75) is 33.0 Å². The molecule has 0 aliphatic heterocycles. The predicted octanol–water partition coefficient (Wildman–Crippen LogP) is 3.19. The number of hydrogen-bond donors (Lipinski definition) is 2. The Morgan fingerprint density at radius 1 is 1.13 bits per heavy atom. The molecule has 0 saturated carbocycles. The van der Waals surface area contributed by atoms with Gasteiger partial charge in [0, 0.05) is 17.0 Å². The standard InChI is InChI=1S/C21H19F3N6O/c1-12-10-15(11-13(2)26-12)16-17(14-6-4-3-5-7-14)27-19(25)30-18(16)28-29(20(30)31)9-8-21(22,23)24/h3-7,10-11H,8-9H2,1-2H3,(H2,25,26,27,28)/p+1/i3D,4D,5D,6D,7D. The van der Waals surface area contributed by atoms with Crippen LogP contribution in [0, 0.1) is 13.8 Å². The lowest BCUT2D eigenvalue weighted by Crippen LogP contribution is -2.44. The first-order valence-electron chi connectivity index (χ1n) is 11.6. The van der Waals surface area contributed by atoms with Crippen LogP contribution in [0.1, 0.15) is 24.7 Å². The van der Waals surface area contributed by atoms with E-state index < -0.39 is 61.0 Å². The van der Waals surface area contributed by atoms with Crippen LogP contribution in [-0.2, 0) is 6.54 Å². The molecule has 0 atom stereocenters. The third-order valence-electron chi connectivity index (χ3n) is 4.54. The van der Waals surface area contributed by atoms with Crippen molar-refractivity contribution in [2.75, 3.05) is 5.73 Å². The minimum Gasteiger partial charge on any atom is -0.319 e. The Bertz CT molecular complexity index is 1550. The molecule has 3 aromatic heterocycles. The van der Waals surface area contributed by atoms with Crippen LogP contribution in [0.25, 0.3) is 28.0 Å². The number of halogens is 3. The summed E-state index contributed by atoms with van der Waals surface area (Å²) in [4.78, 5) is 21.5. The van der Waals surface area contributed by atoms with E-state index in [0.29, 0.717) is 17.0 Å². The molecular weight excluding hydrogens is 409 g/mol. The molecule has 160 valence electrons. The maximum absolute atomic E-state index is 13.0. The van der Waals surface area contributed by atoms with Crippen molar-refractivity contribution < 1.29 is 24.4 Å². The van der Waals surface area contributed by atoms with Gasteiger partial charge in [0.25, 0.3) is 0 Å². The average Bonchev–Trinajstić information content (AvgIpc) is 3.10. The highest BCUT2D eigenvalue weighted by Crippen LogP contribution is 2.33. The number of fused-ring (bicyclic) bond motifs is 1. The number of anilines is 1. The second-order valence-electron chi connectivity index (χ2n) is 6.93. The summed E-state index contributed by atoms with van der Waals surface area (Å²) in [7, 11) is 0. The topological polar surface area (TPSA) is 93.7 Å². The summed E-state index contributed by atoms with van der Waals surface area (Å²) in [6.45, 7) is 2.68. The van der Waals surface area contributed by atoms with Crippen molar-refractivity contribution in [1.82, 2.24) is 19.7 Å². The lowest BCUT2D eigenvalue weighted by Gasteiger charge is -2.10. The fourth-order valence-electron chi connectivity index (χ4n) is 3.35. The SMILES string of the molecule is [2H]c1c([2H])c([2H])c(-c2nc(N)[n+]3c(=O)n(CCC(F)(F)F)[nH]c3c2-c2cc(C)nc(C)c2)c([2H])c1[2H]. The van der Waals surface area contributed by atoms with Crippen LogP contribution >= 0.6 is 0 Å². The molecular formula is C21H20F3N6O+. The quantitative estimate of drug-likeness (QED) is 0.483. The fraction of sp³-hybridized carbons (Fsp3) is 0.238. The number of benzene rings is 1. The van der Waals surface area contributed by atoms with Crippen LogP contribution < -0.4 is 15.8 Å². The molecule has 4 aromatic rings. The summed E-state index contributed by atoms with van der Waals surface area (Å²) in [5.74, 6) is -0.440. The molecule has 3 heterocycles. The van der Waals surface area contributed by atoms with Crippen LogP contribution in [0.2, 0.25) is 0 Å². The molecule has 0 bridgehead atoms. The number of pyridine rings is 1. The van der Waals surface area contributed by atoms with Crippen molar-refractivity contribution in [3.8, 4) is 22.4 Å². The molecule has 0 amide bonds.